The maximum atomic E-state index is 12.2. The monoisotopic (exact) mass is 412 g/mol. The van der Waals surface area contributed by atoms with Crippen LogP contribution >= 0.6 is 0 Å². The van der Waals surface area contributed by atoms with Gasteiger partial charge in [-0.1, -0.05) is 18.2 Å². The molecule has 9 heteroatoms. The predicted octanol–water partition coefficient (Wildman–Crippen LogP) is 0.459. The number of nitro benzene ring substituents is 1. The van der Waals surface area contributed by atoms with Crippen LogP contribution in [0.4, 0.5) is 11.4 Å². The molecule has 0 aromatic heterocycles. The average molecular weight is 412 g/mol. The number of rotatable bonds is 6. The second-order valence-corrected chi connectivity index (χ2v) is 7.33. The Morgan fingerprint density at radius 3 is 2.43 bits per heavy atom. The van der Waals surface area contributed by atoms with Crippen molar-refractivity contribution in [3.05, 3.63) is 69.8 Å². The van der Waals surface area contributed by atoms with E-state index >= 15 is 0 Å². The van der Waals surface area contributed by atoms with Crippen molar-refractivity contribution in [1.82, 2.24) is 10.9 Å². The summed E-state index contributed by atoms with van der Waals surface area (Å²) in [5.41, 5.74) is 6.59. The number of benzene rings is 2. The maximum absolute atomic E-state index is 12.2. The molecule has 0 aliphatic carbocycles. The zero-order chi connectivity index (χ0) is 21.5. The molecule has 0 spiro atoms. The summed E-state index contributed by atoms with van der Waals surface area (Å²) in [6, 6.07) is 14.4. The molecule has 3 N–H and O–H groups in total. The van der Waals surface area contributed by atoms with Crippen molar-refractivity contribution in [2.45, 2.75) is 13.3 Å². The van der Waals surface area contributed by atoms with Crippen LogP contribution in [-0.4, -0.2) is 49.5 Å². The van der Waals surface area contributed by atoms with E-state index in [9.17, 15) is 19.7 Å². The molecule has 1 heterocycles. The van der Waals surface area contributed by atoms with Gasteiger partial charge < -0.3 is 9.80 Å². The lowest BCUT2D eigenvalue weighted by molar-refractivity contribution is -0.900. The number of anilines is 1. The molecule has 0 bridgehead atoms. The highest BCUT2D eigenvalue weighted by Crippen LogP contribution is 2.18. The second kappa shape index (κ2) is 9.84. The summed E-state index contributed by atoms with van der Waals surface area (Å²) >= 11 is 0. The van der Waals surface area contributed by atoms with Gasteiger partial charge >= 0.3 is 0 Å². The minimum atomic E-state index is -0.509. The molecule has 0 atom stereocenters. The van der Waals surface area contributed by atoms with Crippen LogP contribution in [0.25, 0.3) is 0 Å². The first-order chi connectivity index (χ1) is 14.4. The number of hydrazine groups is 1. The molecule has 30 heavy (non-hydrogen) atoms. The lowest BCUT2D eigenvalue weighted by atomic mass is 10.1. The van der Waals surface area contributed by atoms with Gasteiger partial charge in [0, 0.05) is 22.9 Å². The number of amides is 2. The molecule has 3 rings (SSSR count). The van der Waals surface area contributed by atoms with Crippen LogP contribution in [0.1, 0.15) is 22.3 Å². The van der Waals surface area contributed by atoms with E-state index in [0.717, 1.165) is 26.2 Å². The highest BCUT2D eigenvalue weighted by molar-refractivity contribution is 5.95. The van der Waals surface area contributed by atoms with Crippen molar-refractivity contribution >= 4 is 23.2 Å². The number of hydrogen-bond acceptors (Lipinski definition) is 5. The van der Waals surface area contributed by atoms with Crippen molar-refractivity contribution in [2.24, 2.45) is 0 Å². The topological polar surface area (TPSA) is 109 Å². The van der Waals surface area contributed by atoms with Crippen molar-refractivity contribution < 1.29 is 19.4 Å². The summed E-state index contributed by atoms with van der Waals surface area (Å²) in [6.07, 6.45) is 0.306. The highest BCUT2D eigenvalue weighted by atomic mass is 16.6. The molecule has 0 unspecified atom stereocenters. The van der Waals surface area contributed by atoms with Gasteiger partial charge in [-0.05, 0) is 31.2 Å². The number of nitro groups is 1. The van der Waals surface area contributed by atoms with Crippen molar-refractivity contribution in [2.75, 3.05) is 37.6 Å². The van der Waals surface area contributed by atoms with Crippen LogP contribution < -0.4 is 20.7 Å². The smallest absolute Gasteiger partial charge is 0.272 e. The van der Waals surface area contributed by atoms with Crippen LogP contribution in [0.15, 0.2) is 48.5 Å². The first-order valence-electron chi connectivity index (χ1n) is 9.92. The first-order valence-corrected chi connectivity index (χ1v) is 9.92. The summed E-state index contributed by atoms with van der Waals surface area (Å²) in [4.78, 5) is 38.3. The quantitative estimate of drug-likeness (QED) is 0.472. The Morgan fingerprint density at radius 2 is 1.80 bits per heavy atom. The van der Waals surface area contributed by atoms with E-state index in [2.05, 4.69) is 27.9 Å². The summed E-state index contributed by atoms with van der Waals surface area (Å²) in [5.74, 6) is -0.773. The lowest BCUT2D eigenvalue weighted by Crippen LogP contribution is -3.15. The number of piperazine rings is 1. The Hall–Kier alpha value is -3.46. The van der Waals surface area contributed by atoms with Crippen LogP contribution in [0.3, 0.4) is 0 Å². The van der Waals surface area contributed by atoms with E-state index in [1.165, 1.54) is 28.8 Å². The third-order valence-corrected chi connectivity index (χ3v) is 5.27. The van der Waals surface area contributed by atoms with Gasteiger partial charge in [-0.3, -0.25) is 30.6 Å². The summed E-state index contributed by atoms with van der Waals surface area (Å²) in [6.45, 7) is 6.05. The third kappa shape index (κ3) is 5.54. The Kier molecular flexibility index (Phi) is 6.97. The standard InChI is InChI=1S/C21H25N5O4/c1-16-15-17(7-8-19(16)26(29)30)21(28)23-22-20(27)9-10-24-11-13-25(14-12-24)18-5-3-2-4-6-18/h2-8,15H,9-14H2,1H3,(H,22,27)(H,23,28)/p+1. The van der Waals surface area contributed by atoms with Gasteiger partial charge in [0.15, 0.2) is 0 Å². The molecule has 9 nitrogen and oxygen atoms in total. The molecule has 1 aliphatic heterocycles. The van der Waals surface area contributed by atoms with E-state index in [4.69, 9.17) is 0 Å². The Bertz CT molecular complexity index is 911. The molecule has 2 aromatic rings. The molecular formula is C21H26N5O4+. The van der Waals surface area contributed by atoms with Gasteiger partial charge in [-0.2, -0.15) is 0 Å². The number of quaternary nitrogens is 1. The average Bonchev–Trinajstić information content (AvgIpc) is 2.76. The molecule has 158 valence electrons. The number of nitrogens with zero attached hydrogens (tertiary/aromatic N) is 2. The number of hydrogen-bond donors (Lipinski definition) is 3. The van der Waals surface area contributed by atoms with Crippen LogP contribution in [-0.2, 0) is 4.79 Å². The van der Waals surface area contributed by atoms with E-state index in [1.54, 1.807) is 6.92 Å². The number of nitrogens with one attached hydrogen (secondary N) is 3. The van der Waals surface area contributed by atoms with Gasteiger partial charge in [0.05, 0.1) is 44.1 Å². The molecule has 2 aromatic carbocycles. The number of carbonyl (C=O) groups excluding carboxylic acids is 2. The van der Waals surface area contributed by atoms with Gasteiger partial charge in [0.25, 0.3) is 11.6 Å². The molecule has 1 aliphatic rings. The van der Waals surface area contributed by atoms with Crippen LogP contribution in [0, 0.1) is 17.0 Å². The zero-order valence-electron chi connectivity index (χ0n) is 16.9. The summed E-state index contributed by atoms with van der Waals surface area (Å²) < 4.78 is 0. The predicted molar refractivity (Wildman–Crippen MR) is 112 cm³/mol. The Balaban J connectivity index is 1.39. The van der Waals surface area contributed by atoms with Gasteiger partial charge in [0.1, 0.15) is 0 Å². The minimum Gasteiger partial charge on any atom is -0.360 e. The molecular weight excluding hydrogens is 386 g/mol. The maximum Gasteiger partial charge on any atom is 0.272 e. The van der Waals surface area contributed by atoms with E-state index < -0.39 is 10.8 Å². The molecule has 1 saturated heterocycles. The largest absolute Gasteiger partial charge is 0.360 e. The third-order valence-electron chi connectivity index (χ3n) is 5.27. The second-order valence-electron chi connectivity index (χ2n) is 7.33. The summed E-state index contributed by atoms with van der Waals surface area (Å²) in [5, 5.41) is 10.9. The lowest BCUT2D eigenvalue weighted by Gasteiger charge is -2.33. The fraction of sp³-hybridized carbons (Fsp3) is 0.333. The molecule has 2 amide bonds. The zero-order valence-corrected chi connectivity index (χ0v) is 16.9. The molecule has 0 radical (unpaired) electrons. The number of para-hydroxylation sites is 1. The van der Waals surface area contributed by atoms with Crippen molar-refractivity contribution in [3.8, 4) is 0 Å². The van der Waals surface area contributed by atoms with Gasteiger partial charge in [-0.25, -0.2) is 0 Å². The fourth-order valence-corrected chi connectivity index (χ4v) is 3.52. The first kappa shape index (κ1) is 21.3. The Morgan fingerprint density at radius 1 is 1.10 bits per heavy atom. The Labute approximate surface area is 174 Å². The van der Waals surface area contributed by atoms with E-state index in [0.29, 0.717) is 18.5 Å². The van der Waals surface area contributed by atoms with Gasteiger partial charge in [-0.15, -0.1) is 0 Å². The van der Waals surface area contributed by atoms with Crippen molar-refractivity contribution in [3.63, 3.8) is 0 Å². The number of carbonyl (C=O) groups is 2. The molecule has 1 fully saturated rings. The SMILES string of the molecule is Cc1cc(C(=O)NNC(=O)CC[NH+]2CCN(c3ccccc3)CC2)ccc1[N+](=O)[O-]. The molecule has 0 saturated carbocycles. The summed E-state index contributed by atoms with van der Waals surface area (Å²) in [7, 11) is 0. The van der Waals surface area contributed by atoms with E-state index in [-0.39, 0.29) is 17.2 Å². The number of aryl methyl sites for hydroxylation is 1. The normalized spacial score (nSPS) is 14.2. The van der Waals surface area contributed by atoms with Crippen LogP contribution in [0.5, 0.6) is 0 Å². The minimum absolute atomic E-state index is 0.0501. The van der Waals surface area contributed by atoms with E-state index in [1.807, 2.05) is 18.2 Å². The van der Waals surface area contributed by atoms with Crippen LogP contribution in [0.2, 0.25) is 0 Å². The van der Waals surface area contributed by atoms with Crippen molar-refractivity contribution in [1.29, 1.82) is 0 Å². The van der Waals surface area contributed by atoms with Gasteiger partial charge in [0.2, 0.25) is 5.91 Å². The highest BCUT2D eigenvalue weighted by Gasteiger charge is 2.21. The fourth-order valence-electron chi connectivity index (χ4n) is 3.52.